The van der Waals surface area contributed by atoms with Crippen molar-refractivity contribution in [1.82, 2.24) is 10.2 Å². The second kappa shape index (κ2) is 8.95. The first-order valence-corrected chi connectivity index (χ1v) is 10.2. The Morgan fingerprint density at radius 3 is 2.47 bits per heavy atom. The van der Waals surface area contributed by atoms with E-state index in [1.165, 1.54) is 5.56 Å². The molecule has 6 heteroatoms. The molecule has 1 unspecified atom stereocenters. The lowest BCUT2D eigenvalue weighted by Crippen LogP contribution is -2.41. The maximum atomic E-state index is 12.7. The lowest BCUT2D eigenvalue weighted by atomic mass is 9.97. The Kier molecular flexibility index (Phi) is 5.93. The van der Waals surface area contributed by atoms with Crippen LogP contribution < -0.4 is 15.0 Å². The van der Waals surface area contributed by atoms with Crippen LogP contribution in [0.25, 0.3) is 11.3 Å². The smallest absolute Gasteiger partial charge is 0.229 e. The zero-order valence-corrected chi connectivity index (χ0v) is 17.3. The SMILES string of the molecule is COc1ccc(-c2ccc(N3CCCC(C(=O)Nc4ccc(C)cc4)C3)nn2)cc1. The molecule has 4 rings (SSSR count). The summed E-state index contributed by atoms with van der Waals surface area (Å²) in [6.07, 6.45) is 1.83. The van der Waals surface area contributed by atoms with Crippen LogP contribution in [0.1, 0.15) is 18.4 Å². The molecule has 0 radical (unpaired) electrons. The lowest BCUT2D eigenvalue weighted by Gasteiger charge is -2.32. The summed E-state index contributed by atoms with van der Waals surface area (Å²) in [6, 6.07) is 19.6. The molecule has 2 aromatic carbocycles. The topological polar surface area (TPSA) is 67.3 Å². The molecule has 0 bridgehead atoms. The van der Waals surface area contributed by atoms with Gasteiger partial charge in [-0.1, -0.05) is 17.7 Å². The van der Waals surface area contributed by atoms with Crippen LogP contribution in [-0.2, 0) is 4.79 Å². The Morgan fingerprint density at radius 1 is 1.03 bits per heavy atom. The van der Waals surface area contributed by atoms with Gasteiger partial charge in [0.15, 0.2) is 5.82 Å². The molecule has 3 aromatic rings. The van der Waals surface area contributed by atoms with Gasteiger partial charge in [-0.25, -0.2) is 0 Å². The molecule has 1 N–H and O–H groups in total. The molecule has 1 aliphatic heterocycles. The van der Waals surface area contributed by atoms with Gasteiger partial charge in [0.1, 0.15) is 5.75 Å². The minimum atomic E-state index is -0.0666. The molecular weight excluding hydrogens is 376 g/mol. The van der Waals surface area contributed by atoms with Gasteiger partial charge in [0.05, 0.1) is 18.7 Å². The number of carbonyl (C=O) groups is 1. The van der Waals surface area contributed by atoms with Crippen molar-refractivity contribution in [1.29, 1.82) is 0 Å². The highest BCUT2D eigenvalue weighted by atomic mass is 16.5. The third kappa shape index (κ3) is 4.59. The first kappa shape index (κ1) is 19.9. The number of methoxy groups -OCH3 is 1. The number of hydrogen-bond donors (Lipinski definition) is 1. The van der Waals surface area contributed by atoms with E-state index >= 15 is 0 Å². The van der Waals surface area contributed by atoms with Crippen LogP contribution in [0.15, 0.2) is 60.7 Å². The number of hydrogen-bond acceptors (Lipinski definition) is 5. The number of amides is 1. The summed E-state index contributed by atoms with van der Waals surface area (Å²) in [4.78, 5) is 14.9. The minimum absolute atomic E-state index is 0.0614. The fraction of sp³-hybridized carbons (Fsp3) is 0.292. The molecule has 1 amide bonds. The number of rotatable bonds is 5. The van der Waals surface area contributed by atoms with E-state index < -0.39 is 0 Å². The molecule has 1 aliphatic rings. The fourth-order valence-electron chi connectivity index (χ4n) is 3.69. The fourth-order valence-corrected chi connectivity index (χ4v) is 3.69. The summed E-state index contributed by atoms with van der Waals surface area (Å²) < 4.78 is 5.20. The van der Waals surface area contributed by atoms with Gasteiger partial charge in [0.2, 0.25) is 5.91 Å². The molecule has 0 saturated carbocycles. The second-order valence-corrected chi connectivity index (χ2v) is 7.65. The molecule has 1 atom stereocenters. The number of anilines is 2. The second-order valence-electron chi connectivity index (χ2n) is 7.65. The summed E-state index contributed by atoms with van der Waals surface area (Å²) in [7, 11) is 1.65. The number of aromatic nitrogens is 2. The molecule has 30 heavy (non-hydrogen) atoms. The van der Waals surface area contributed by atoms with Crippen molar-refractivity contribution >= 4 is 17.4 Å². The predicted octanol–water partition coefficient (Wildman–Crippen LogP) is 4.32. The number of aryl methyl sites for hydroxylation is 1. The molecule has 1 aromatic heterocycles. The molecule has 2 heterocycles. The number of carbonyl (C=O) groups excluding carboxylic acids is 1. The largest absolute Gasteiger partial charge is 0.497 e. The van der Waals surface area contributed by atoms with Crippen LogP contribution in [0.2, 0.25) is 0 Å². The Hall–Kier alpha value is -3.41. The van der Waals surface area contributed by atoms with Crippen LogP contribution >= 0.6 is 0 Å². The van der Waals surface area contributed by atoms with E-state index in [0.717, 1.165) is 47.9 Å². The first-order chi connectivity index (χ1) is 14.6. The van der Waals surface area contributed by atoms with Crippen molar-refractivity contribution in [3.8, 4) is 17.0 Å². The van der Waals surface area contributed by atoms with E-state index in [-0.39, 0.29) is 11.8 Å². The van der Waals surface area contributed by atoms with Gasteiger partial charge in [-0.3, -0.25) is 4.79 Å². The highest BCUT2D eigenvalue weighted by Gasteiger charge is 2.26. The number of nitrogens with one attached hydrogen (secondary N) is 1. The Bertz CT molecular complexity index is 985. The van der Waals surface area contributed by atoms with E-state index in [9.17, 15) is 4.79 Å². The Labute approximate surface area is 176 Å². The van der Waals surface area contributed by atoms with Crippen LogP contribution in [0, 0.1) is 12.8 Å². The molecule has 154 valence electrons. The maximum absolute atomic E-state index is 12.7. The van der Waals surface area contributed by atoms with Gasteiger partial charge in [-0.05, 0) is 68.3 Å². The van der Waals surface area contributed by atoms with Crippen LogP contribution in [0.3, 0.4) is 0 Å². The number of ether oxygens (including phenoxy) is 1. The molecule has 1 saturated heterocycles. The summed E-state index contributed by atoms with van der Waals surface area (Å²) >= 11 is 0. The predicted molar refractivity (Wildman–Crippen MR) is 119 cm³/mol. The van der Waals surface area contributed by atoms with Gasteiger partial charge in [-0.15, -0.1) is 10.2 Å². The van der Waals surface area contributed by atoms with Crippen LogP contribution in [-0.4, -0.2) is 36.3 Å². The van der Waals surface area contributed by atoms with Gasteiger partial charge in [-0.2, -0.15) is 0 Å². The highest BCUT2D eigenvalue weighted by Crippen LogP contribution is 2.25. The van der Waals surface area contributed by atoms with E-state index in [1.807, 2.05) is 67.6 Å². The third-order valence-corrected chi connectivity index (χ3v) is 5.47. The van der Waals surface area contributed by atoms with Crippen molar-refractivity contribution < 1.29 is 9.53 Å². The first-order valence-electron chi connectivity index (χ1n) is 10.2. The number of piperidine rings is 1. The molecule has 6 nitrogen and oxygen atoms in total. The minimum Gasteiger partial charge on any atom is -0.497 e. The highest BCUT2D eigenvalue weighted by molar-refractivity contribution is 5.93. The van der Waals surface area contributed by atoms with Crippen molar-refractivity contribution in [2.45, 2.75) is 19.8 Å². The van der Waals surface area contributed by atoms with Crippen molar-refractivity contribution in [3.63, 3.8) is 0 Å². The summed E-state index contributed by atoms with van der Waals surface area (Å²) in [5.41, 5.74) is 3.82. The van der Waals surface area contributed by atoms with Crippen molar-refractivity contribution in [2.75, 3.05) is 30.4 Å². The molecule has 1 fully saturated rings. The maximum Gasteiger partial charge on any atom is 0.229 e. The van der Waals surface area contributed by atoms with Crippen LogP contribution in [0.4, 0.5) is 11.5 Å². The van der Waals surface area contributed by atoms with E-state index in [4.69, 9.17) is 4.74 Å². The summed E-state index contributed by atoms with van der Waals surface area (Å²) in [5.74, 6) is 1.61. The zero-order chi connectivity index (χ0) is 20.9. The molecule has 0 aliphatic carbocycles. The van der Waals surface area contributed by atoms with Crippen LogP contribution in [0.5, 0.6) is 5.75 Å². The zero-order valence-electron chi connectivity index (χ0n) is 17.3. The molecular formula is C24H26N4O2. The van der Waals surface area contributed by atoms with Crippen molar-refractivity contribution in [2.24, 2.45) is 5.92 Å². The quantitative estimate of drug-likeness (QED) is 0.689. The lowest BCUT2D eigenvalue weighted by molar-refractivity contribution is -0.120. The third-order valence-electron chi connectivity index (χ3n) is 5.47. The standard InChI is InChI=1S/C24H26N4O2/c1-17-5-9-20(10-6-17)25-24(29)19-4-3-15-28(16-19)23-14-13-22(26-27-23)18-7-11-21(30-2)12-8-18/h5-14,19H,3-4,15-16H2,1-2H3,(H,25,29). The normalized spacial score (nSPS) is 16.2. The Morgan fingerprint density at radius 2 is 1.80 bits per heavy atom. The van der Waals surface area contributed by atoms with Gasteiger partial charge in [0, 0.05) is 24.3 Å². The summed E-state index contributed by atoms with van der Waals surface area (Å²) in [6.45, 7) is 3.56. The number of nitrogens with zero attached hydrogens (tertiary/aromatic N) is 3. The monoisotopic (exact) mass is 402 g/mol. The Balaban J connectivity index is 1.41. The number of benzene rings is 2. The molecule has 0 spiro atoms. The van der Waals surface area contributed by atoms with Gasteiger partial charge >= 0.3 is 0 Å². The average molecular weight is 402 g/mol. The van der Waals surface area contributed by atoms with Gasteiger partial charge in [0.25, 0.3) is 0 Å². The summed E-state index contributed by atoms with van der Waals surface area (Å²) in [5, 5.41) is 11.9. The van der Waals surface area contributed by atoms with Gasteiger partial charge < -0.3 is 15.0 Å². The van der Waals surface area contributed by atoms with E-state index in [1.54, 1.807) is 7.11 Å². The van der Waals surface area contributed by atoms with Crippen molar-refractivity contribution in [3.05, 3.63) is 66.2 Å². The van der Waals surface area contributed by atoms with E-state index in [0.29, 0.717) is 6.54 Å². The van der Waals surface area contributed by atoms with E-state index in [2.05, 4.69) is 20.4 Å². The average Bonchev–Trinajstić information content (AvgIpc) is 2.81.